The van der Waals surface area contributed by atoms with Gasteiger partial charge < -0.3 is 5.32 Å². The van der Waals surface area contributed by atoms with Gasteiger partial charge in [-0.1, -0.05) is 18.2 Å². The van der Waals surface area contributed by atoms with Crippen LogP contribution in [0.4, 0.5) is 5.95 Å². The molecule has 0 aliphatic heterocycles. The number of nitrogens with zero attached hydrogens (tertiary/aromatic N) is 4. The van der Waals surface area contributed by atoms with Crippen molar-refractivity contribution in [1.82, 2.24) is 19.9 Å². The van der Waals surface area contributed by atoms with Crippen molar-refractivity contribution >= 4 is 28.6 Å². The van der Waals surface area contributed by atoms with Gasteiger partial charge in [-0.3, -0.25) is 0 Å². The number of fused-ring (bicyclic) bond motifs is 1. The van der Waals surface area contributed by atoms with Crippen molar-refractivity contribution in [2.45, 2.75) is 10.1 Å². The van der Waals surface area contributed by atoms with Gasteiger partial charge in [0.05, 0.1) is 5.52 Å². The van der Waals surface area contributed by atoms with Crippen LogP contribution in [-0.2, 0) is 0 Å². The first kappa shape index (κ1) is 11.9. The van der Waals surface area contributed by atoms with Crippen molar-refractivity contribution in [2.24, 2.45) is 0 Å². The van der Waals surface area contributed by atoms with Crippen LogP contribution in [0.25, 0.3) is 10.9 Å². The van der Waals surface area contributed by atoms with Crippen molar-refractivity contribution < 1.29 is 0 Å². The molecule has 0 spiro atoms. The van der Waals surface area contributed by atoms with Crippen LogP contribution >= 0.6 is 11.8 Å². The van der Waals surface area contributed by atoms with Gasteiger partial charge in [-0.05, 0) is 23.9 Å². The lowest BCUT2D eigenvalue weighted by molar-refractivity contribution is 1.03. The predicted molar refractivity (Wildman–Crippen MR) is 75.2 cm³/mol. The van der Waals surface area contributed by atoms with Crippen LogP contribution < -0.4 is 5.32 Å². The van der Waals surface area contributed by atoms with E-state index in [1.165, 1.54) is 18.1 Å². The smallest absolute Gasteiger partial charge is 0.224 e. The van der Waals surface area contributed by atoms with Gasteiger partial charge in [-0.15, -0.1) is 0 Å². The number of anilines is 1. The van der Waals surface area contributed by atoms with E-state index < -0.39 is 0 Å². The molecule has 3 aromatic rings. The Hall–Kier alpha value is -2.21. The minimum Gasteiger partial charge on any atom is -0.357 e. The molecule has 19 heavy (non-hydrogen) atoms. The minimum atomic E-state index is 0.607. The molecule has 5 nitrogen and oxygen atoms in total. The van der Waals surface area contributed by atoms with Crippen LogP contribution in [0, 0.1) is 0 Å². The van der Waals surface area contributed by atoms with E-state index in [0.29, 0.717) is 5.95 Å². The summed E-state index contributed by atoms with van der Waals surface area (Å²) >= 11 is 1.50. The lowest BCUT2D eigenvalue weighted by Crippen LogP contribution is -1.98. The quantitative estimate of drug-likeness (QED) is 0.737. The zero-order valence-electron chi connectivity index (χ0n) is 10.2. The minimum absolute atomic E-state index is 0.607. The third-order valence-corrected chi connectivity index (χ3v) is 3.50. The molecule has 94 valence electrons. The molecule has 0 atom stereocenters. The monoisotopic (exact) mass is 269 g/mol. The topological polar surface area (TPSA) is 63.6 Å². The predicted octanol–water partition coefficient (Wildman–Crippen LogP) is 2.61. The molecular formula is C13H11N5S. The Bertz CT molecular complexity index is 702. The zero-order chi connectivity index (χ0) is 13.1. The van der Waals surface area contributed by atoms with Gasteiger partial charge >= 0.3 is 0 Å². The maximum absolute atomic E-state index is 4.49. The van der Waals surface area contributed by atoms with Crippen LogP contribution in [0.1, 0.15) is 0 Å². The molecule has 0 saturated heterocycles. The molecule has 0 aliphatic carbocycles. The third-order valence-electron chi connectivity index (χ3n) is 2.55. The number of para-hydroxylation sites is 1. The van der Waals surface area contributed by atoms with Gasteiger partial charge in [0.2, 0.25) is 5.95 Å². The fourth-order valence-electron chi connectivity index (χ4n) is 1.68. The van der Waals surface area contributed by atoms with Gasteiger partial charge in [0.25, 0.3) is 0 Å². The molecule has 6 heteroatoms. The fraction of sp³-hybridized carbons (Fsp3) is 0.0769. The van der Waals surface area contributed by atoms with Gasteiger partial charge in [0, 0.05) is 18.6 Å². The summed E-state index contributed by atoms with van der Waals surface area (Å²) in [6, 6.07) is 9.80. The standard InChI is InChI=1S/C13H11N5S/c1-14-13-17-10-5-3-2-4-9(10)12(18-13)19-11-6-7-15-8-16-11/h2-8H,1H3,(H,14,17,18). The van der Waals surface area contributed by atoms with Crippen LogP contribution in [0.2, 0.25) is 0 Å². The molecule has 0 amide bonds. The van der Waals surface area contributed by atoms with Gasteiger partial charge in [0.1, 0.15) is 16.4 Å². The van der Waals surface area contributed by atoms with Gasteiger partial charge in [-0.25, -0.2) is 19.9 Å². The molecule has 1 aromatic carbocycles. The summed E-state index contributed by atoms with van der Waals surface area (Å²) in [7, 11) is 1.81. The number of rotatable bonds is 3. The normalized spacial score (nSPS) is 10.6. The molecule has 0 saturated carbocycles. The summed E-state index contributed by atoms with van der Waals surface area (Å²) < 4.78 is 0. The Labute approximate surface area is 114 Å². The largest absolute Gasteiger partial charge is 0.357 e. The number of aromatic nitrogens is 4. The van der Waals surface area contributed by atoms with Crippen molar-refractivity contribution in [3.8, 4) is 0 Å². The molecule has 0 unspecified atom stereocenters. The van der Waals surface area contributed by atoms with Crippen LogP contribution in [0.5, 0.6) is 0 Å². The highest BCUT2D eigenvalue weighted by Crippen LogP contribution is 2.30. The van der Waals surface area contributed by atoms with Gasteiger partial charge in [-0.2, -0.15) is 0 Å². The average Bonchev–Trinajstić information content (AvgIpc) is 2.48. The first-order valence-electron chi connectivity index (χ1n) is 5.75. The van der Waals surface area contributed by atoms with Gasteiger partial charge in [0.15, 0.2) is 0 Å². The first-order chi connectivity index (χ1) is 9.36. The second kappa shape index (κ2) is 5.19. The van der Waals surface area contributed by atoms with Crippen molar-refractivity contribution in [3.05, 3.63) is 42.9 Å². The highest BCUT2D eigenvalue weighted by Gasteiger charge is 2.08. The number of benzene rings is 1. The summed E-state index contributed by atoms with van der Waals surface area (Å²) in [6.45, 7) is 0. The second-order valence-electron chi connectivity index (χ2n) is 3.77. The number of hydrogen-bond donors (Lipinski definition) is 1. The lowest BCUT2D eigenvalue weighted by Gasteiger charge is -2.07. The molecule has 0 bridgehead atoms. The number of nitrogens with one attached hydrogen (secondary N) is 1. The van der Waals surface area contributed by atoms with E-state index in [9.17, 15) is 0 Å². The molecule has 1 N–H and O–H groups in total. The Kier molecular flexibility index (Phi) is 3.24. The molecule has 2 aromatic heterocycles. The van der Waals surface area contributed by atoms with E-state index in [1.54, 1.807) is 6.20 Å². The molecule has 0 aliphatic rings. The second-order valence-corrected chi connectivity index (χ2v) is 4.78. The average molecular weight is 269 g/mol. The molecule has 2 heterocycles. The Morgan fingerprint density at radius 2 is 2.00 bits per heavy atom. The molecule has 3 rings (SSSR count). The summed E-state index contributed by atoms with van der Waals surface area (Å²) in [6.07, 6.45) is 3.25. The van der Waals surface area contributed by atoms with E-state index in [-0.39, 0.29) is 0 Å². The molecular weight excluding hydrogens is 258 g/mol. The maximum atomic E-state index is 4.49. The summed E-state index contributed by atoms with van der Waals surface area (Å²) in [5.41, 5.74) is 0.915. The number of hydrogen-bond acceptors (Lipinski definition) is 6. The van der Waals surface area contributed by atoms with Crippen molar-refractivity contribution in [3.63, 3.8) is 0 Å². The summed E-state index contributed by atoms with van der Waals surface area (Å²) in [5.74, 6) is 0.607. The van der Waals surface area contributed by atoms with E-state index >= 15 is 0 Å². The summed E-state index contributed by atoms with van der Waals surface area (Å²) in [5, 5.41) is 5.74. The highest BCUT2D eigenvalue weighted by molar-refractivity contribution is 7.99. The van der Waals surface area contributed by atoms with E-state index in [4.69, 9.17) is 0 Å². The Morgan fingerprint density at radius 1 is 1.11 bits per heavy atom. The summed E-state index contributed by atoms with van der Waals surface area (Å²) in [4.78, 5) is 17.0. The molecule has 0 fully saturated rings. The Balaban J connectivity index is 2.11. The van der Waals surface area contributed by atoms with Crippen molar-refractivity contribution in [2.75, 3.05) is 12.4 Å². The van der Waals surface area contributed by atoms with E-state index in [0.717, 1.165) is 21.0 Å². The SMILES string of the molecule is CNc1nc(Sc2ccncn2)c2ccccc2n1. The highest BCUT2D eigenvalue weighted by atomic mass is 32.2. The first-order valence-corrected chi connectivity index (χ1v) is 6.57. The van der Waals surface area contributed by atoms with E-state index in [1.807, 2.05) is 37.4 Å². The van der Waals surface area contributed by atoms with Crippen LogP contribution in [0.3, 0.4) is 0 Å². The van der Waals surface area contributed by atoms with E-state index in [2.05, 4.69) is 25.3 Å². The fourth-order valence-corrected chi connectivity index (χ4v) is 2.52. The van der Waals surface area contributed by atoms with Crippen LogP contribution in [-0.4, -0.2) is 27.0 Å². The zero-order valence-corrected chi connectivity index (χ0v) is 11.1. The molecule has 0 radical (unpaired) electrons. The Morgan fingerprint density at radius 3 is 2.79 bits per heavy atom. The third kappa shape index (κ3) is 2.48. The van der Waals surface area contributed by atoms with Crippen LogP contribution in [0.15, 0.2) is 52.9 Å². The lowest BCUT2D eigenvalue weighted by atomic mass is 10.2. The van der Waals surface area contributed by atoms with Crippen molar-refractivity contribution in [1.29, 1.82) is 0 Å². The maximum Gasteiger partial charge on any atom is 0.224 e.